The largest absolute Gasteiger partial charge is 0.375 e. The molecule has 0 bridgehead atoms. The normalized spacial score (nSPS) is 24.9. The minimum Gasteiger partial charge on any atom is -0.375 e. The first kappa shape index (κ1) is 20.2. The van der Waals surface area contributed by atoms with Gasteiger partial charge in [-0.3, -0.25) is 14.3 Å². The molecule has 4 fully saturated rings. The molecular weight excluding hydrogens is 447 g/mol. The average Bonchev–Trinajstić information content (AvgIpc) is 3.49. The van der Waals surface area contributed by atoms with Gasteiger partial charge in [0, 0.05) is 55.6 Å². The van der Waals surface area contributed by atoms with Gasteiger partial charge in [-0.15, -0.1) is 10.2 Å². The fourth-order valence-electron chi connectivity index (χ4n) is 5.80. The van der Waals surface area contributed by atoms with Crippen LogP contribution in [0.25, 0.3) is 5.69 Å². The first-order valence-corrected chi connectivity index (χ1v) is 12.0. The number of benzene rings is 1. The number of hydrogen-bond acceptors (Lipinski definition) is 6. The topological polar surface area (TPSA) is 66.7 Å². The Morgan fingerprint density at radius 2 is 1.94 bits per heavy atom. The van der Waals surface area contributed by atoms with Gasteiger partial charge in [0.05, 0.1) is 25.4 Å². The van der Waals surface area contributed by atoms with Crippen LogP contribution in [0, 0.1) is 11.3 Å². The van der Waals surface area contributed by atoms with Crippen LogP contribution in [0.5, 0.6) is 0 Å². The van der Waals surface area contributed by atoms with Crippen LogP contribution in [-0.2, 0) is 22.6 Å². The molecule has 10 heteroatoms. The Labute approximate surface area is 196 Å². The zero-order chi connectivity index (χ0) is 22.4. The first-order valence-electron chi connectivity index (χ1n) is 11.7. The number of fused-ring (bicyclic) bond motifs is 3. The van der Waals surface area contributed by atoms with Crippen LogP contribution in [0.15, 0.2) is 18.2 Å². The summed E-state index contributed by atoms with van der Waals surface area (Å²) >= 11 is 6.32. The van der Waals surface area contributed by atoms with Crippen molar-refractivity contribution in [1.29, 1.82) is 0 Å². The molecule has 33 heavy (non-hydrogen) atoms. The van der Waals surface area contributed by atoms with Gasteiger partial charge in [-0.05, 0) is 36.6 Å². The van der Waals surface area contributed by atoms with Gasteiger partial charge < -0.3 is 14.5 Å². The Kier molecular flexibility index (Phi) is 4.22. The van der Waals surface area contributed by atoms with E-state index >= 15 is 0 Å². The maximum atomic E-state index is 14.9. The Morgan fingerprint density at radius 3 is 2.64 bits per heavy atom. The molecule has 174 valence electrons. The summed E-state index contributed by atoms with van der Waals surface area (Å²) in [6, 6.07) is 5.84. The van der Waals surface area contributed by atoms with E-state index in [1.165, 1.54) is 0 Å². The van der Waals surface area contributed by atoms with Gasteiger partial charge in [0.15, 0.2) is 11.5 Å². The van der Waals surface area contributed by atoms with E-state index in [0.29, 0.717) is 30.6 Å². The van der Waals surface area contributed by atoms with Crippen molar-refractivity contribution in [2.75, 3.05) is 50.8 Å². The molecule has 1 spiro atoms. The van der Waals surface area contributed by atoms with Crippen LogP contribution in [0.3, 0.4) is 0 Å². The molecule has 5 heterocycles. The number of alkyl halides is 1. The fourth-order valence-corrected chi connectivity index (χ4v) is 5.99. The molecular formula is C23H26ClFN6O2. The number of aromatic nitrogens is 3. The average molecular weight is 473 g/mol. The van der Waals surface area contributed by atoms with Gasteiger partial charge in [0.25, 0.3) is 0 Å². The van der Waals surface area contributed by atoms with Crippen molar-refractivity contribution in [3.8, 4) is 5.69 Å². The highest BCUT2D eigenvalue weighted by Gasteiger charge is 2.55. The van der Waals surface area contributed by atoms with Crippen LogP contribution in [0.1, 0.15) is 24.2 Å². The van der Waals surface area contributed by atoms with E-state index in [4.69, 9.17) is 16.3 Å². The maximum absolute atomic E-state index is 14.9. The molecule has 0 unspecified atom stereocenters. The van der Waals surface area contributed by atoms with Gasteiger partial charge in [-0.2, -0.15) is 0 Å². The van der Waals surface area contributed by atoms with E-state index in [9.17, 15) is 9.18 Å². The number of hydrogen-bond donors (Lipinski definition) is 0. The number of halogens is 2. The lowest BCUT2D eigenvalue weighted by molar-refractivity contribution is -0.146. The third-order valence-electron chi connectivity index (χ3n) is 7.61. The predicted molar refractivity (Wildman–Crippen MR) is 119 cm³/mol. The molecule has 1 aromatic carbocycles. The number of ether oxygens (including phenoxy) is 1. The molecule has 3 saturated heterocycles. The Bertz CT molecular complexity index is 1130. The molecule has 0 atom stereocenters. The van der Waals surface area contributed by atoms with Crippen molar-refractivity contribution in [1.82, 2.24) is 24.6 Å². The molecule has 1 amide bonds. The second kappa shape index (κ2) is 6.90. The third-order valence-corrected chi connectivity index (χ3v) is 7.84. The van der Waals surface area contributed by atoms with Crippen LogP contribution in [0.2, 0.25) is 5.02 Å². The number of carbonyl (C=O) groups excluding carboxylic acids is 1. The van der Waals surface area contributed by atoms with E-state index in [2.05, 4.69) is 24.6 Å². The Morgan fingerprint density at radius 1 is 1.15 bits per heavy atom. The van der Waals surface area contributed by atoms with E-state index < -0.39 is 5.67 Å². The fraction of sp³-hybridized carbons (Fsp3) is 0.609. The zero-order valence-electron chi connectivity index (χ0n) is 18.3. The van der Waals surface area contributed by atoms with Crippen LogP contribution < -0.4 is 4.90 Å². The number of anilines is 1. The van der Waals surface area contributed by atoms with Crippen molar-refractivity contribution < 1.29 is 13.9 Å². The third kappa shape index (κ3) is 3.27. The second-order valence-corrected chi connectivity index (χ2v) is 11.1. The molecule has 1 saturated carbocycles. The van der Waals surface area contributed by atoms with Crippen LogP contribution >= 0.6 is 11.6 Å². The summed E-state index contributed by atoms with van der Waals surface area (Å²) in [5.74, 6) is 2.24. The van der Waals surface area contributed by atoms with Crippen molar-refractivity contribution in [2.24, 2.45) is 11.3 Å². The number of carbonyl (C=O) groups is 1. The van der Waals surface area contributed by atoms with E-state index in [1.54, 1.807) is 0 Å². The predicted octanol–water partition coefficient (Wildman–Crippen LogP) is 2.03. The smallest absolute Gasteiger partial charge is 0.231 e. The summed E-state index contributed by atoms with van der Waals surface area (Å²) in [5, 5.41) is 9.71. The summed E-state index contributed by atoms with van der Waals surface area (Å²) in [6.07, 6.45) is 2.11. The minimum absolute atomic E-state index is 0.139. The second-order valence-electron chi connectivity index (χ2n) is 10.6. The van der Waals surface area contributed by atoms with Gasteiger partial charge in [-0.1, -0.05) is 11.6 Å². The van der Waals surface area contributed by atoms with E-state index in [1.807, 2.05) is 23.1 Å². The number of rotatable bonds is 4. The molecule has 5 aliphatic rings. The highest BCUT2D eigenvalue weighted by Crippen LogP contribution is 2.45. The molecule has 1 aliphatic carbocycles. The van der Waals surface area contributed by atoms with Crippen molar-refractivity contribution in [2.45, 2.75) is 31.6 Å². The Balaban J connectivity index is 1.14. The molecule has 7 rings (SSSR count). The summed E-state index contributed by atoms with van der Waals surface area (Å²) in [4.78, 5) is 18.7. The minimum atomic E-state index is -1.31. The van der Waals surface area contributed by atoms with Crippen LogP contribution in [0.4, 0.5) is 10.3 Å². The molecule has 0 radical (unpaired) electrons. The van der Waals surface area contributed by atoms with Gasteiger partial charge in [-0.25, -0.2) is 4.39 Å². The van der Waals surface area contributed by atoms with Crippen molar-refractivity contribution >= 4 is 23.5 Å². The molecule has 2 aromatic rings. The van der Waals surface area contributed by atoms with Gasteiger partial charge >= 0.3 is 0 Å². The summed E-state index contributed by atoms with van der Waals surface area (Å²) in [5.41, 5.74) is 0.900. The maximum Gasteiger partial charge on any atom is 0.231 e. The lowest BCUT2D eigenvalue weighted by atomic mass is 9.73. The number of amides is 1. The highest BCUT2D eigenvalue weighted by molar-refractivity contribution is 6.30. The molecule has 0 N–H and O–H groups in total. The SMILES string of the molecule is O=C(C1CC1)N1CC2(C1)CN(c1nnc3n1-c1ccc(Cl)cc1CN(CC1(F)COC1)C3)C2. The first-order chi connectivity index (χ1) is 15.9. The summed E-state index contributed by atoms with van der Waals surface area (Å²) in [7, 11) is 0. The van der Waals surface area contributed by atoms with E-state index in [0.717, 1.165) is 62.0 Å². The van der Waals surface area contributed by atoms with E-state index in [-0.39, 0.29) is 24.5 Å². The standard InChI is InChI=1S/C23H26ClFN6O2/c24-17-3-4-18-16(5-17)6-28(12-23(25)13-33-14-23)7-19-26-27-21(31(18)19)30-10-22(11-30)8-29(9-22)20(32)15-1-2-15/h3-5,15H,1-2,6-14H2. The molecule has 4 aliphatic heterocycles. The molecule has 8 nitrogen and oxygen atoms in total. The lowest BCUT2D eigenvalue weighted by Crippen LogP contribution is -2.73. The lowest BCUT2D eigenvalue weighted by Gasteiger charge is -2.60. The Hall–Kier alpha value is -2.23. The van der Waals surface area contributed by atoms with Crippen LogP contribution in [-0.4, -0.2) is 82.1 Å². The monoisotopic (exact) mass is 472 g/mol. The van der Waals surface area contributed by atoms with Crippen molar-refractivity contribution in [3.63, 3.8) is 0 Å². The highest BCUT2D eigenvalue weighted by atomic mass is 35.5. The zero-order valence-corrected chi connectivity index (χ0v) is 19.1. The van der Waals surface area contributed by atoms with Gasteiger partial charge in [0.2, 0.25) is 11.9 Å². The number of nitrogens with zero attached hydrogens (tertiary/aromatic N) is 6. The van der Waals surface area contributed by atoms with Gasteiger partial charge in [0.1, 0.15) is 0 Å². The summed E-state index contributed by atoms with van der Waals surface area (Å²) < 4.78 is 22.1. The number of likely N-dealkylation sites (tertiary alicyclic amines) is 1. The molecule has 1 aromatic heterocycles. The van der Waals surface area contributed by atoms with Crippen molar-refractivity contribution in [3.05, 3.63) is 34.6 Å². The quantitative estimate of drug-likeness (QED) is 0.678. The summed E-state index contributed by atoms with van der Waals surface area (Å²) in [6.45, 7) is 5.11.